The highest BCUT2D eigenvalue weighted by molar-refractivity contribution is 6.33. The Balaban J connectivity index is 1.94. The molecule has 4 heteroatoms. The summed E-state index contributed by atoms with van der Waals surface area (Å²) in [6, 6.07) is 13.1. The Kier molecular flexibility index (Phi) is 3.59. The molecule has 1 heterocycles. The quantitative estimate of drug-likeness (QED) is 0.736. The zero-order chi connectivity index (χ0) is 14.8. The lowest BCUT2D eigenvalue weighted by Crippen LogP contribution is -1.80. The maximum absolute atomic E-state index is 9.58. The summed E-state index contributed by atoms with van der Waals surface area (Å²) in [5.74, 6) is 0.910. The van der Waals surface area contributed by atoms with Gasteiger partial charge in [0.05, 0.1) is 12.1 Å². The maximum atomic E-state index is 9.58. The number of rotatable bonds is 3. The predicted molar refractivity (Wildman–Crippen MR) is 86.9 cm³/mol. The number of aromatic nitrogens is 1. The molecule has 0 bridgehead atoms. The number of phenolic OH excluding ortho intramolecular Hbond substituents is 1. The van der Waals surface area contributed by atoms with E-state index in [1.165, 1.54) is 0 Å². The first-order valence-electron chi connectivity index (χ1n) is 6.50. The fourth-order valence-corrected chi connectivity index (χ4v) is 2.38. The molecule has 106 valence electrons. The molecule has 3 aromatic rings. The minimum Gasteiger partial charge on any atom is -0.506 e. The minimum atomic E-state index is 0.0835. The third-order valence-corrected chi connectivity index (χ3v) is 3.71. The number of H-pyrrole nitrogens is 1. The van der Waals surface area contributed by atoms with Gasteiger partial charge in [-0.05, 0) is 42.0 Å². The van der Waals surface area contributed by atoms with Crippen molar-refractivity contribution in [2.75, 3.05) is 7.11 Å². The van der Waals surface area contributed by atoms with Crippen molar-refractivity contribution < 1.29 is 9.84 Å². The molecule has 0 saturated carbocycles. The summed E-state index contributed by atoms with van der Waals surface area (Å²) in [6.07, 6.45) is 3.79. The molecule has 3 rings (SSSR count). The molecule has 0 fully saturated rings. The van der Waals surface area contributed by atoms with Crippen molar-refractivity contribution in [2.45, 2.75) is 0 Å². The normalized spacial score (nSPS) is 11.3. The van der Waals surface area contributed by atoms with Crippen LogP contribution in [0.4, 0.5) is 0 Å². The second-order valence-corrected chi connectivity index (χ2v) is 5.07. The lowest BCUT2D eigenvalue weighted by molar-refractivity contribution is 0.415. The predicted octanol–water partition coefficient (Wildman–Crippen LogP) is 4.71. The number of fused-ring (bicyclic) bond motifs is 1. The van der Waals surface area contributed by atoms with E-state index in [1.807, 2.05) is 42.5 Å². The van der Waals surface area contributed by atoms with E-state index in [0.29, 0.717) is 5.02 Å². The highest BCUT2D eigenvalue weighted by Gasteiger charge is 2.03. The van der Waals surface area contributed by atoms with Crippen LogP contribution in [0.5, 0.6) is 11.5 Å². The van der Waals surface area contributed by atoms with Gasteiger partial charge in [-0.3, -0.25) is 0 Å². The van der Waals surface area contributed by atoms with Crippen LogP contribution in [0.1, 0.15) is 11.3 Å². The number of aromatic amines is 1. The van der Waals surface area contributed by atoms with E-state index in [0.717, 1.165) is 27.9 Å². The fraction of sp³-hybridized carbons (Fsp3) is 0.0588. The third-order valence-electron chi connectivity index (χ3n) is 3.30. The molecule has 3 nitrogen and oxygen atoms in total. The average Bonchev–Trinajstić information content (AvgIpc) is 2.90. The smallest absolute Gasteiger partial charge is 0.134 e. The molecule has 21 heavy (non-hydrogen) atoms. The number of methoxy groups -OCH3 is 1. The van der Waals surface area contributed by atoms with Crippen LogP contribution in [0, 0.1) is 0 Å². The van der Waals surface area contributed by atoms with Crippen LogP contribution in [0.3, 0.4) is 0 Å². The lowest BCUT2D eigenvalue weighted by atomic mass is 10.2. The largest absolute Gasteiger partial charge is 0.506 e. The van der Waals surface area contributed by atoms with Gasteiger partial charge in [0, 0.05) is 16.6 Å². The number of hydrogen-bond donors (Lipinski definition) is 2. The molecular weight excluding hydrogens is 286 g/mol. The van der Waals surface area contributed by atoms with Gasteiger partial charge in [-0.25, -0.2) is 0 Å². The SMILES string of the molecule is COc1ccc2[nH]c(C=Cc3cccc(O)c3Cl)cc2c1. The van der Waals surface area contributed by atoms with E-state index >= 15 is 0 Å². The van der Waals surface area contributed by atoms with E-state index in [9.17, 15) is 5.11 Å². The third kappa shape index (κ3) is 2.73. The van der Waals surface area contributed by atoms with Crippen molar-refractivity contribution in [3.05, 3.63) is 58.7 Å². The summed E-state index contributed by atoms with van der Waals surface area (Å²) in [5, 5.41) is 11.0. The fourth-order valence-electron chi connectivity index (χ4n) is 2.20. The van der Waals surface area contributed by atoms with Crippen LogP contribution < -0.4 is 4.74 Å². The van der Waals surface area contributed by atoms with Crippen LogP contribution >= 0.6 is 11.6 Å². The summed E-state index contributed by atoms with van der Waals surface area (Å²) in [7, 11) is 1.65. The van der Waals surface area contributed by atoms with Crippen molar-refractivity contribution in [1.82, 2.24) is 4.98 Å². The molecule has 1 aromatic heterocycles. The van der Waals surface area contributed by atoms with Crippen molar-refractivity contribution in [2.24, 2.45) is 0 Å². The second kappa shape index (κ2) is 5.54. The van der Waals surface area contributed by atoms with Gasteiger partial charge < -0.3 is 14.8 Å². The summed E-state index contributed by atoms with van der Waals surface area (Å²) < 4.78 is 5.21. The summed E-state index contributed by atoms with van der Waals surface area (Å²) in [6.45, 7) is 0. The monoisotopic (exact) mass is 299 g/mol. The average molecular weight is 300 g/mol. The van der Waals surface area contributed by atoms with Crippen LogP contribution in [0.25, 0.3) is 23.1 Å². The molecule has 2 N–H and O–H groups in total. The van der Waals surface area contributed by atoms with Gasteiger partial charge in [-0.1, -0.05) is 29.8 Å². The van der Waals surface area contributed by atoms with Crippen LogP contribution in [0.15, 0.2) is 42.5 Å². The summed E-state index contributed by atoms with van der Waals surface area (Å²) in [4.78, 5) is 3.30. The topological polar surface area (TPSA) is 45.2 Å². The first-order valence-corrected chi connectivity index (χ1v) is 6.87. The Bertz CT molecular complexity index is 821. The molecular formula is C17H14ClNO2. The van der Waals surface area contributed by atoms with Gasteiger partial charge in [0.1, 0.15) is 11.5 Å². The van der Waals surface area contributed by atoms with Crippen molar-refractivity contribution in [1.29, 1.82) is 0 Å². The molecule has 0 radical (unpaired) electrons. The molecule has 0 unspecified atom stereocenters. The summed E-state index contributed by atoms with van der Waals surface area (Å²) >= 11 is 6.05. The van der Waals surface area contributed by atoms with Gasteiger partial charge in [-0.2, -0.15) is 0 Å². The molecule has 0 spiro atoms. The standard InChI is InChI=1S/C17H14ClNO2/c1-21-14-7-8-15-12(10-14)9-13(19-15)6-5-11-3-2-4-16(20)17(11)18/h2-10,19-20H,1H3. The molecule has 0 atom stereocenters. The van der Waals surface area contributed by atoms with Crippen LogP contribution in [-0.4, -0.2) is 17.2 Å². The minimum absolute atomic E-state index is 0.0835. The van der Waals surface area contributed by atoms with Crippen molar-refractivity contribution >= 4 is 34.7 Å². The highest BCUT2D eigenvalue weighted by Crippen LogP contribution is 2.28. The zero-order valence-electron chi connectivity index (χ0n) is 11.4. The number of hydrogen-bond acceptors (Lipinski definition) is 2. The molecule has 0 saturated heterocycles. The molecule has 0 aliphatic heterocycles. The van der Waals surface area contributed by atoms with Gasteiger partial charge in [0.25, 0.3) is 0 Å². The first-order chi connectivity index (χ1) is 10.2. The number of nitrogens with one attached hydrogen (secondary N) is 1. The van der Waals surface area contributed by atoms with E-state index < -0.39 is 0 Å². The van der Waals surface area contributed by atoms with E-state index in [1.54, 1.807) is 19.2 Å². The van der Waals surface area contributed by atoms with Crippen LogP contribution in [-0.2, 0) is 0 Å². The van der Waals surface area contributed by atoms with E-state index in [2.05, 4.69) is 4.98 Å². The number of halogens is 1. The molecule has 0 aliphatic rings. The molecule has 0 amide bonds. The van der Waals surface area contributed by atoms with Gasteiger partial charge >= 0.3 is 0 Å². The van der Waals surface area contributed by atoms with Gasteiger partial charge in [-0.15, -0.1) is 0 Å². The van der Waals surface area contributed by atoms with Crippen molar-refractivity contribution in [3.8, 4) is 11.5 Å². The molecule has 0 aliphatic carbocycles. The van der Waals surface area contributed by atoms with E-state index in [4.69, 9.17) is 16.3 Å². The Morgan fingerprint density at radius 2 is 2.00 bits per heavy atom. The van der Waals surface area contributed by atoms with Gasteiger partial charge in [0.2, 0.25) is 0 Å². The number of aromatic hydroxyl groups is 1. The highest BCUT2D eigenvalue weighted by atomic mass is 35.5. The Morgan fingerprint density at radius 3 is 2.81 bits per heavy atom. The second-order valence-electron chi connectivity index (χ2n) is 4.69. The van der Waals surface area contributed by atoms with E-state index in [-0.39, 0.29) is 5.75 Å². The lowest BCUT2D eigenvalue weighted by Gasteiger charge is -1.99. The van der Waals surface area contributed by atoms with Crippen LogP contribution in [0.2, 0.25) is 5.02 Å². The number of ether oxygens (including phenoxy) is 1. The zero-order valence-corrected chi connectivity index (χ0v) is 12.2. The number of phenols is 1. The Labute approximate surface area is 127 Å². The Morgan fingerprint density at radius 1 is 1.14 bits per heavy atom. The maximum Gasteiger partial charge on any atom is 0.134 e. The Hall–Kier alpha value is -2.39. The molecule has 2 aromatic carbocycles. The first kappa shape index (κ1) is 13.6. The summed E-state index contributed by atoms with van der Waals surface area (Å²) in [5.41, 5.74) is 2.77. The van der Waals surface area contributed by atoms with Crippen molar-refractivity contribution in [3.63, 3.8) is 0 Å². The number of benzene rings is 2. The van der Waals surface area contributed by atoms with Gasteiger partial charge in [0.15, 0.2) is 0 Å².